The molecule has 21 heavy (non-hydrogen) atoms. The van der Waals surface area contributed by atoms with Gasteiger partial charge < -0.3 is 15.4 Å². The molecule has 2 N–H and O–H groups in total. The zero-order valence-corrected chi connectivity index (χ0v) is 12.0. The van der Waals surface area contributed by atoms with Gasteiger partial charge in [0.2, 0.25) is 0 Å². The zero-order chi connectivity index (χ0) is 15.2. The number of methoxy groups -OCH3 is 1. The van der Waals surface area contributed by atoms with Gasteiger partial charge in [-0.15, -0.1) is 0 Å². The normalized spacial score (nSPS) is 9.76. The van der Waals surface area contributed by atoms with Crippen LogP contribution in [0.25, 0.3) is 0 Å². The van der Waals surface area contributed by atoms with Gasteiger partial charge in [-0.05, 0) is 42.5 Å². The summed E-state index contributed by atoms with van der Waals surface area (Å²) >= 11 is 5.15. The Morgan fingerprint density at radius 2 is 1.81 bits per heavy atom. The van der Waals surface area contributed by atoms with Crippen LogP contribution in [0.3, 0.4) is 0 Å². The van der Waals surface area contributed by atoms with Crippen molar-refractivity contribution in [1.82, 2.24) is 0 Å². The van der Waals surface area contributed by atoms with Gasteiger partial charge in [0, 0.05) is 11.8 Å². The highest BCUT2D eigenvalue weighted by Crippen LogP contribution is 2.23. The maximum Gasteiger partial charge on any atom is 0.292 e. The average molecular weight is 303 g/mol. The summed E-state index contributed by atoms with van der Waals surface area (Å²) in [6.45, 7) is 0. The Labute approximate surface area is 126 Å². The molecule has 0 aliphatic carbocycles. The summed E-state index contributed by atoms with van der Waals surface area (Å²) in [6.07, 6.45) is 0. The van der Waals surface area contributed by atoms with E-state index in [9.17, 15) is 10.1 Å². The minimum absolute atomic E-state index is 0.0311. The fourth-order valence-corrected chi connectivity index (χ4v) is 1.93. The highest BCUT2D eigenvalue weighted by molar-refractivity contribution is 7.80. The molecule has 0 atom stereocenters. The first kappa shape index (κ1) is 14.7. The number of rotatable bonds is 4. The van der Waals surface area contributed by atoms with Gasteiger partial charge in [-0.3, -0.25) is 10.1 Å². The lowest BCUT2D eigenvalue weighted by molar-refractivity contribution is -0.383. The number of thiocarbonyl (C=S) groups is 1. The molecule has 0 fully saturated rings. The van der Waals surface area contributed by atoms with Gasteiger partial charge in [0.05, 0.1) is 12.0 Å². The van der Waals surface area contributed by atoms with Gasteiger partial charge >= 0.3 is 0 Å². The summed E-state index contributed by atoms with van der Waals surface area (Å²) in [5.41, 5.74) is 1.07. The third-order valence-corrected chi connectivity index (χ3v) is 2.90. The van der Waals surface area contributed by atoms with E-state index in [1.165, 1.54) is 6.07 Å². The average Bonchev–Trinajstić information content (AvgIpc) is 2.48. The lowest BCUT2D eigenvalue weighted by Crippen LogP contribution is -2.19. The van der Waals surface area contributed by atoms with Crippen molar-refractivity contribution in [2.45, 2.75) is 0 Å². The van der Waals surface area contributed by atoms with Crippen LogP contribution in [-0.2, 0) is 0 Å². The van der Waals surface area contributed by atoms with Crippen molar-refractivity contribution in [3.63, 3.8) is 0 Å². The molecule has 108 valence electrons. The van der Waals surface area contributed by atoms with E-state index >= 15 is 0 Å². The lowest BCUT2D eigenvalue weighted by atomic mass is 10.2. The molecule has 2 aromatic rings. The van der Waals surface area contributed by atoms with E-state index in [1.807, 2.05) is 0 Å². The van der Waals surface area contributed by atoms with Crippen molar-refractivity contribution in [3.8, 4) is 5.75 Å². The molecule has 2 rings (SSSR count). The largest absolute Gasteiger partial charge is 0.497 e. The molecule has 0 radical (unpaired) electrons. The van der Waals surface area contributed by atoms with E-state index in [4.69, 9.17) is 17.0 Å². The van der Waals surface area contributed by atoms with Crippen LogP contribution in [0.5, 0.6) is 5.75 Å². The summed E-state index contributed by atoms with van der Waals surface area (Å²) in [6, 6.07) is 13.5. The van der Waals surface area contributed by atoms with Crippen LogP contribution < -0.4 is 15.4 Å². The molecule has 0 spiro atoms. The number of nitro benzene ring substituents is 1. The number of hydrogen-bond acceptors (Lipinski definition) is 4. The summed E-state index contributed by atoms with van der Waals surface area (Å²) in [7, 11) is 1.59. The lowest BCUT2D eigenvalue weighted by Gasteiger charge is -2.11. The number of anilines is 2. The van der Waals surface area contributed by atoms with Crippen LogP contribution in [0, 0.1) is 10.1 Å². The predicted octanol–water partition coefficient (Wildman–Crippen LogP) is 3.41. The second-order valence-electron chi connectivity index (χ2n) is 4.08. The van der Waals surface area contributed by atoms with Crippen molar-refractivity contribution in [2.24, 2.45) is 0 Å². The highest BCUT2D eigenvalue weighted by atomic mass is 32.1. The first-order chi connectivity index (χ1) is 10.1. The van der Waals surface area contributed by atoms with Gasteiger partial charge in [0.15, 0.2) is 5.11 Å². The Morgan fingerprint density at radius 1 is 1.14 bits per heavy atom. The highest BCUT2D eigenvalue weighted by Gasteiger charge is 2.13. The monoisotopic (exact) mass is 303 g/mol. The van der Waals surface area contributed by atoms with Crippen LogP contribution in [0.2, 0.25) is 0 Å². The molecule has 0 amide bonds. The van der Waals surface area contributed by atoms with E-state index in [1.54, 1.807) is 49.6 Å². The van der Waals surface area contributed by atoms with Gasteiger partial charge in [-0.2, -0.15) is 0 Å². The third kappa shape index (κ3) is 3.90. The van der Waals surface area contributed by atoms with Crippen molar-refractivity contribution in [1.29, 1.82) is 0 Å². The number of para-hydroxylation sites is 2. The van der Waals surface area contributed by atoms with Crippen molar-refractivity contribution >= 4 is 34.4 Å². The number of nitrogens with zero attached hydrogens (tertiary/aromatic N) is 1. The number of nitro groups is 1. The fourth-order valence-electron chi connectivity index (χ4n) is 1.70. The minimum Gasteiger partial charge on any atom is -0.497 e. The van der Waals surface area contributed by atoms with E-state index in [-0.39, 0.29) is 10.8 Å². The van der Waals surface area contributed by atoms with E-state index in [0.717, 1.165) is 11.4 Å². The number of ether oxygens (including phenoxy) is 1. The Hall–Kier alpha value is -2.67. The van der Waals surface area contributed by atoms with Crippen LogP contribution in [0.1, 0.15) is 0 Å². The summed E-state index contributed by atoms with van der Waals surface area (Å²) in [5, 5.41) is 17.0. The molecule has 0 aliphatic rings. The molecular weight excluding hydrogens is 290 g/mol. The zero-order valence-electron chi connectivity index (χ0n) is 11.2. The second-order valence-corrected chi connectivity index (χ2v) is 4.49. The smallest absolute Gasteiger partial charge is 0.292 e. The predicted molar refractivity (Wildman–Crippen MR) is 85.9 cm³/mol. The van der Waals surface area contributed by atoms with Crippen molar-refractivity contribution in [2.75, 3.05) is 17.7 Å². The summed E-state index contributed by atoms with van der Waals surface area (Å²) in [5.74, 6) is 0.734. The fraction of sp³-hybridized carbons (Fsp3) is 0.0714. The summed E-state index contributed by atoms with van der Waals surface area (Å²) in [4.78, 5) is 10.5. The standard InChI is InChI=1S/C14H13N3O3S/c1-20-11-8-6-10(7-9-11)15-14(21)16-12-4-2-3-5-13(12)17(18)19/h2-9H,1H3,(H2,15,16,21). The van der Waals surface area contributed by atoms with Crippen LogP contribution in [-0.4, -0.2) is 17.1 Å². The Bertz CT molecular complexity index is 659. The van der Waals surface area contributed by atoms with Crippen LogP contribution in [0.15, 0.2) is 48.5 Å². The molecular formula is C14H13N3O3S. The Balaban J connectivity index is 2.06. The minimum atomic E-state index is -0.460. The maximum atomic E-state index is 10.9. The van der Waals surface area contributed by atoms with Gasteiger partial charge in [0.25, 0.3) is 5.69 Å². The molecule has 0 unspecified atom stereocenters. The van der Waals surface area contributed by atoms with Crippen molar-refractivity contribution in [3.05, 3.63) is 58.6 Å². The van der Waals surface area contributed by atoms with Gasteiger partial charge in [-0.25, -0.2) is 0 Å². The molecule has 2 aromatic carbocycles. The molecule has 0 saturated heterocycles. The molecule has 0 bridgehead atoms. The topological polar surface area (TPSA) is 76.4 Å². The molecule has 0 heterocycles. The van der Waals surface area contributed by atoms with Crippen LogP contribution >= 0.6 is 12.2 Å². The third-order valence-electron chi connectivity index (χ3n) is 2.70. The Morgan fingerprint density at radius 3 is 2.43 bits per heavy atom. The molecule has 0 aromatic heterocycles. The second kappa shape index (κ2) is 6.67. The van der Waals surface area contributed by atoms with Gasteiger partial charge in [-0.1, -0.05) is 12.1 Å². The van der Waals surface area contributed by atoms with E-state index in [0.29, 0.717) is 5.69 Å². The first-order valence-corrected chi connectivity index (χ1v) is 6.46. The SMILES string of the molecule is COc1ccc(NC(=S)Nc2ccccc2[N+](=O)[O-])cc1. The molecule has 0 saturated carbocycles. The van der Waals surface area contributed by atoms with Gasteiger partial charge in [0.1, 0.15) is 11.4 Å². The first-order valence-electron chi connectivity index (χ1n) is 6.05. The number of hydrogen-bond donors (Lipinski definition) is 2. The molecule has 0 aliphatic heterocycles. The summed E-state index contributed by atoms with van der Waals surface area (Å²) < 4.78 is 5.06. The quantitative estimate of drug-likeness (QED) is 0.512. The van der Waals surface area contributed by atoms with Crippen LogP contribution in [0.4, 0.5) is 17.1 Å². The molecule has 6 nitrogen and oxygen atoms in total. The Kier molecular flexibility index (Phi) is 4.68. The van der Waals surface area contributed by atoms with Crippen molar-refractivity contribution < 1.29 is 9.66 Å². The maximum absolute atomic E-state index is 10.9. The van der Waals surface area contributed by atoms with E-state index in [2.05, 4.69) is 10.6 Å². The number of benzene rings is 2. The van der Waals surface area contributed by atoms with E-state index < -0.39 is 4.92 Å². The number of nitrogens with one attached hydrogen (secondary N) is 2. The molecule has 7 heteroatoms.